The predicted molar refractivity (Wildman–Crippen MR) is 166 cm³/mol. The lowest BCUT2D eigenvalue weighted by molar-refractivity contribution is 0.436. The van der Waals surface area contributed by atoms with Crippen LogP contribution in [0.2, 0.25) is 0 Å². The number of nitriles is 1. The average molecular weight is 551 g/mol. The Kier molecular flexibility index (Phi) is 7.81. The molecule has 5 rings (SSSR count). The molecule has 1 aromatic heterocycles. The summed E-state index contributed by atoms with van der Waals surface area (Å²) in [6.07, 6.45) is 9.45. The van der Waals surface area contributed by atoms with Gasteiger partial charge in [-0.15, -0.1) is 16.2 Å². The van der Waals surface area contributed by atoms with E-state index in [-0.39, 0.29) is 11.1 Å². The van der Waals surface area contributed by atoms with Crippen LogP contribution in [0.25, 0.3) is 27.1 Å². The molecular formula is C32H30N4OS2. The van der Waals surface area contributed by atoms with Crippen LogP contribution >= 0.6 is 24.2 Å². The Morgan fingerprint density at radius 1 is 1.08 bits per heavy atom. The van der Waals surface area contributed by atoms with E-state index in [1.54, 1.807) is 17.4 Å². The van der Waals surface area contributed by atoms with Crippen LogP contribution in [-0.4, -0.2) is 11.8 Å². The summed E-state index contributed by atoms with van der Waals surface area (Å²) in [4.78, 5) is 12.2. The van der Waals surface area contributed by atoms with E-state index in [9.17, 15) is 4.91 Å². The SMILES string of the molecule is CCCC1(CCC)c2cc(C3=CC=C(/C=C(/C#N)N=O)/C(=N/S)C3N)ccc2-c2ccc(-c3cccs3)cc21. The first-order valence-corrected chi connectivity index (χ1v) is 14.5. The molecular weight excluding hydrogens is 521 g/mol. The molecule has 0 aliphatic heterocycles. The number of thiol groups is 1. The van der Waals surface area contributed by atoms with Crippen LogP contribution in [0, 0.1) is 16.2 Å². The lowest BCUT2D eigenvalue weighted by atomic mass is 9.70. The van der Waals surface area contributed by atoms with Gasteiger partial charge in [0.25, 0.3) is 0 Å². The van der Waals surface area contributed by atoms with Crippen molar-refractivity contribution in [3.63, 3.8) is 0 Å². The van der Waals surface area contributed by atoms with Gasteiger partial charge in [0.2, 0.25) is 0 Å². The van der Waals surface area contributed by atoms with Gasteiger partial charge < -0.3 is 5.73 Å². The number of rotatable bonds is 8. The highest BCUT2D eigenvalue weighted by atomic mass is 32.1. The second kappa shape index (κ2) is 11.3. The van der Waals surface area contributed by atoms with Gasteiger partial charge in [-0.05, 0) is 99.4 Å². The minimum atomic E-state index is -0.565. The van der Waals surface area contributed by atoms with Crippen molar-refractivity contribution in [2.24, 2.45) is 15.3 Å². The van der Waals surface area contributed by atoms with Crippen molar-refractivity contribution in [1.82, 2.24) is 0 Å². The molecule has 1 heterocycles. The molecule has 196 valence electrons. The first-order chi connectivity index (χ1) is 19.0. The molecule has 0 saturated carbocycles. The molecule has 2 aromatic carbocycles. The van der Waals surface area contributed by atoms with E-state index >= 15 is 0 Å². The number of nitrogens with two attached hydrogens (primary N) is 1. The van der Waals surface area contributed by atoms with Gasteiger partial charge in [-0.2, -0.15) is 5.26 Å². The van der Waals surface area contributed by atoms with Crippen molar-refractivity contribution in [3.8, 4) is 27.6 Å². The summed E-state index contributed by atoms with van der Waals surface area (Å²) in [5.41, 5.74) is 16.0. The molecule has 1 unspecified atom stereocenters. The van der Waals surface area contributed by atoms with Gasteiger partial charge >= 0.3 is 0 Å². The van der Waals surface area contributed by atoms with Crippen LogP contribution in [-0.2, 0) is 5.41 Å². The topological polar surface area (TPSA) is 91.6 Å². The van der Waals surface area contributed by atoms with Crippen LogP contribution < -0.4 is 5.73 Å². The quantitative estimate of drug-likeness (QED) is 0.168. The van der Waals surface area contributed by atoms with Crippen molar-refractivity contribution in [2.45, 2.75) is 51.0 Å². The van der Waals surface area contributed by atoms with Gasteiger partial charge in [0.1, 0.15) is 6.07 Å². The standard InChI is InChI=1S/C32H30N4OS2/c1-3-13-32(14-4-2)27-17-20(24-10-9-22(16-23(19-33)35-37)31(36-38)30(24)34)7-11-25(27)26-12-8-21(18-28(26)32)29-6-5-15-39-29/h5-12,15-18,30,38H,3-4,13-14,34H2,1-2H3/b23-16-,36-31-. The van der Waals surface area contributed by atoms with E-state index in [4.69, 9.17) is 11.0 Å². The molecule has 2 N–H and O–H groups in total. The Bertz CT molecular complexity index is 1580. The zero-order chi connectivity index (χ0) is 27.6. The van der Waals surface area contributed by atoms with Crippen molar-refractivity contribution in [1.29, 1.82) is 5.26 Å². The van der Waals surface area contributed by atoms with Gasteiger partial charge in [0.05, 0.1) is 11.8 Å². The third-order valence-electron chi connectivity index (χ3n) is 7.83. The molecule has 2 aliphatic carbocycles. The third-order valence-corrected chi connectivity index (χ3v) is 8.97. The minimum Gasteiger partial charge on any atom is -0.319 e. The molecule has 0 saturated heterocycles. The molecule has 3 aromatic rings. The average Bonchev–Trinajstić information content (AvgIpc) is 3.58. The Balaban J connectivity index is 1.66. The van der Waals surface area contributed by atoms with Gasteiger partial charge in [-0.25, -0.2) is 4.40 Å². The maximum atomic E-state index is 11.0. The number of benzene rings is 2. The number of nitrogens with zero attached hydrogens (tertiary/aromatic N) is 3. The predicted octanol–water partition coefficient (Wildman–Crippen LogP) is 8.39. The highest BCUT2D eigenvalue weighted by molar-refractivity contribution is 7.79. The fraction of sp³-hybridized carbons (Fsp3) is 0.250. The summed E-state index contributed by atoms with van der Waals surface area (Å²) >= 11 is 5.93. The number of fused-ring (bicyclic) bond motifs is 3. The second-order valence-corrected chi connectivity index (χ2v) is 11.2. The van der Waals surface area contributed by atoms with E-state index in [1.165, 1.54) is 38.8 Å². The van der Waals surface area contributed by atoms with E-state index in [1.807, 2.05) is 12.2 Å². The first-order valence-electron chi connectivity index (χ1n) is 13.2. The molecule has 0 amide bonds. The van der Waals surface area contributed by atoms with Crippen LogP contribution in [0.1, 0.15) is 56.2 Å². The molecule has 0 radical (unpaired) electrons. The second-order valence-electron chi connectivity index (χ2n) is 10.0. The van der Waals surface area contributed by atoms with E-state index in [2.05, 4.69) is 90.1 Å². The van der Waals surface area contributed by atoms with Crippen LogP contribution in [0.4, 0.5) is 0 Å². The van der Waals surface area contributed by atoms with E-state index < -0.39 is 6.04 Å². The summed E-state index contributed by atoms with van der Waals surface area (Å²) in [5.74, 6) is 0. The van der Waals surface area contributed by atoms with Crippen LogP contribution in [0.15, 0.2) is 93.0 Å². The van der Waals surface area contributed by atoms with Gasteiger partial charge in [-0.1, -0.05) is 69.2 Å². The fourth-order valence-electron chi connectivity index (χ4n) is 6.23. The monoisotopic (exact) mass is 550 g/mol. The smallest absolute Gasteiger partial charge is 0.185 e. The maximum absolute atomic E-state index is 11.0. The summed E-state index contributed by atoms with van der Waals surface area (Å²) < 4.78 is 4.11. The number of allylic oxidation sites excluding steroid dienone is 4. The summed E-state index contributed by atoms with van der Waals surface area (Å²) in [6, 6.07) is 19.1. The van der Waals surface area contributed by atoms with Crippen molar-refractivity contribution < 1.29 is 0 Å². The molecule has 0 spiro atoms. The van der Waals surface area contributed by atoms with Crippen molar-refractivity contribution in [3.05, 3.63) is 105 Å². The fourth-order valence-corrected chi connectivity index (χ4v) is 7.19. The molecule has 1 atom stereocenters. The zero-order valence-corrected chi connectivity index (χ0v) is 23.7. The Labute approximate surface area is 239 Å². The number of hydrogen-bond acceptors (Lipinski definition) is 7. The van der Waals surface area contributed by atoms with Gasteiger partial charge in [-0.3, -0.25) is 0 Å². The van der Waals surface area contributed by atoms with Crippen molar-refractivity contribution >= 4 is 35.4 Å². The Morgan fingerprint density at radius 2 is 1.74 bits per heavy atom. The number of thiophene rings is 1. The third kappa shape index (κ3) is 4.63. The summed E-state index contributed by atoms with van der Waals surface area (Å²) in [5, 5.41) is 14.0. The largest absolute Gasteiger partial charge is 0.319 e. The number of nitroso groups, excluding NO2 is 1. The Hall–Kier alpha value is -3.57. The number of hydrogen-bond donors (Lipinski definition) is 2. The van der Waals surface area contributed by atoms with Crippen LogP contribution in [0.5, 0.6) is 0 Å². The molecule has 7 heteroatoms. The summed E-state index contributed by atoms with van der Waals surface area (Å²) in [6.45, 7) is 4.53. The summed E-state index contributed by atoms with van der Waals surface area (Å²) in [7, 11) is 0. The maximum Gasteiger partial charge on any atom is 0.185 e. The first kappa shape index (κ1) is 27.0. The highest BCUT2D eigenvalue weighted by Gasteiger charge is 2.42. The molecule has 39 heavy (non-hydrogen) atoms. The van der Waals surface area contributed by atoms with Crippen molar-refractivity contribution in [2.75, 3.05) is 0 Å². The lowest BCUT2D eigenvalue weighted by Gasteiger charge is -2.33. The lowest BCUT2D eigenvalue weighted by Crippen LogP contribution is -2.34. The normalized spacial score (nSPS) is 18.7. The molecule has 2 aliphatic rings. The van der Waals surface area contributed by atoms with E-state index in [0.29, 0.717) is 11.3 Å². The molecule has 5 nitrogen and oxygen atoms in total. The Morgan fingerprint density at radius 3 is 2.31 bits per heavy atom. The molecule has 0 bridgehead atoms. The highest BCUT2D eigenvalue weighted by Crippen LogP contribution is 2.55. The van der Waals surface area contributed by atoms with E-state index in [0.717, 1.165) is 36.8 Å². The molecule has 0 fully saturated rings. The van der Waals surface area contributed by atoms with Gasteiger partial charge in [0.15, 0.2) is 5.70 Å². The van der Waals surface area contributed by atoms with Crippen LogP contribution in [0.3, 0.4) is 0 Å². The van der Waals surface area contributed by atoms with Gasteiger partial charge in [0, 0.05) is 15.9 Å². The minimum absolute atomic E-state index is 0.0711. The zero-order valence-electron chi connectivity index (χ0n) is 22.0.